The number of rotatable bonds is 4. The van der Waals surface area contributed by atoms with E-state index in [2.05, 4.69) is 36.8 Å². The van der Waals surface area contributed by atoms with E-state index in [1.54, 1.807) is 4.68 Å². The molecular weight excluding hydrogens is 376 g/mol. The summed E-state index contributed by atoms with van der Waals surface area (Å²) in [5, 5.41) is 12.8. The normalized spacial score (nSPS) is 11.6. The van der Waals surface area contributed by atoms with Crippen LogP contribution in [0.25, 0.3) is 11.0 Å². The van der Waals surface area contributed by atoms with E-state index in [0.717, 1.165) is 26.8 Å². The number of aromatic nitrogens is 3. The summed E-state index contributed by atoms with van der Waals surface area (Å²) in [5.41, 5.74) is 11.6. The maximum atomic E-state index is 5.48. The molecule has 0 bridgehead atoms. The highest BCUT2D eigenvalue weighted by Crippen LogP contribution is 2.14. The van der Waals surface area contributed by atoms with Gasteiger partial charge in [-0.3, -0.25) is 5.43 Å². The third-order valence-electron chi connectivity index (χ3n) is 3.20. The van der Waals surface area contributed by atoms with Gasteiger partial charge in [0.1, 0.15) is 5.52 Å². The first-order chi connectivity index (χ1) is 11.1. The molecule has 8 heteroatoms. The molecule has 3 aromatic rings. The number of hydrogen-bond acceptors (Lipinski definition) is 4. The summed E-state index contributed by atoms with van der Waals surface area (Å²) in [4.78, 5) is 0. The molecular formula is C15H13BrN6S. The Kier molecular flexibility index (Phi) is 4.63. The molecule has 1 heterocycles. The molecule has 0 amide bonds. The van der Waals surface area contributed by atoms with Crippen molar-refractivity contribution in [1.29, 1.82) is 0 Å². The van der Waals surface area contributed by atoms with Gasteiger partial charge in [0.15, 0.2) is 5.11 Å². The Balaban J connectivity index is 1.96. The van der Waals surface area contributed by atoms with Crippen molar-refractivity contribution in [2.75, 3.05) is 0 Å². The van der Waals surface area contributed by atoms with E-state index >= 15 is 0 Å². The van der Waals surface area contributed by atoms with Crippen molar-refractivity contribution >= 4 is 50.0 Å². The van der Waals surface area contributed by atoms with Gasteiger partial charge < -0.3 is 5.73 Å². The second-order valence-electron chi connectivity index (χ2n) is 4.78. The van der Waals surface area contributed by atoms with Crippen molar-refractivity contribution in [2.24, 2.45) is 10.8 Å². The Labute approximate surface area is 146 Å². The molecule has 1 aromatic heterocycles. The Bertz CT molecular complexity index is 871. The Morgan fingerprint density at radius 2 is 1.96 bits per heavy atom. The zero-order valence-corrected chi connectivity index (χ0v) is 14.4. The van der Waals surface area contributed by atoms with Gasteiger partial charge in [-0.05, 0) is 42.0 Å². The highest BCUT2D eigenvalue weighted by molar-refractivity contribution is 9.10. The van der Waals surface area contributed by atoms with Crippen molar-refractivity contribution in [3.8, 4) is 0 Å². The van der Waals surface area contributed by atoms with E-state index in [1.807, 2.05) is 48.5 Å². The number of hydrazone groups is 1. The predicted octanol–water partition coefficient (Wildman–Crippen LogP) is 2.43. The van der Waals surface area contributed by atoms with Gasteiger partial charge in [-0.1, -0.05) is 45.4 Å². The second kappa shape index (κ2) is 6.84. The fourth-order valence-electron chi connectivity index (χ4n) is 2.13. The monoisotopic (exact) mass is 388 g/mol. The van der Waals surface area contributed by atoms with Crippen LogP contribution in [0.5, 0.6) is 0 Å². The van der Waals surface area contributed by atoms with Crippen molar-refractivity contribution in [1.82, 2.24) is 20.4 Å². The summed E-state index contributed by atoms with van der Waals surface area (Å²) in [6.07, 6.45) is 0. The SMILES string of the molecule is NC(=S)NN=C(Cn1nnc2ccccc21)c1ccc(Br)cc1. The molecule has 116 valence electrons. The Morgan fingerprint density at radius 1 is 1.22 bits per heavy atom. The summed E-state index contributed by atoms with van der Waals surface area (Å²) in [6.45, 7) is 0.442. The van der Waals surface area contributed by atoms with Gasteiger partial charge in [0.25, 0.3) is 0 Å². The van der Waals surface area contributed by atoms with E-state index in [0.29, 0.717) is 6.54 Å². The van der Waals surface area contributed by atoms with Gasteiger partial charge in [0.05, 0.1) is 17.8 Å². The Hall–Kier alpha value is -2.32. The lowest BCUT2D eigenvalue weighted by Crippen LogP contribution is -2.27. The lowest BCUT2D eigenvalue weighted by Gasteiger charge is -2.08. The lowest BCUT2D eigenvalue weighted by molar-refractivity contribution is 0.698. The molecule has 2 aromatic carbocycles. The zero-order chi connectivity index (χ0) is 16.2. The van der Waals surface area contributed by atoms with Crippen LogP contribution in [0.3, 0.4) is 0 Å². The number of nitrogens with two attached hydrogens (primary N) is 1. The fourth-order valence-corrected chi connectivity index (χ4v) is 2.44. The van der Waals surface area contributed by atoms with E-state index in [9.17, 15) is 0 Å². The van der Waals surface area contributed by atoms with E-state index < -0.39 is 0 Å². The lowest BCUT2D eigenvalue weighted by atomic mass is 10.1. The number of nitrogens with zero attached hydrogens (tertiary/aromatic N) is 4. The van der Waals surface area contributed by atoms with Gasteiger partial charge in [0.2, 0.25) is 0 Å². The quantitative estimate of drug-likeness (QED) is 0.407. The first kappa shape index (κ1) is 15.6. The third-order valence-corrected chi connectivity index (χ3v) is 3.82. The molecule has 0 unspecified atom stereocenters. The molecule has 0 aliphatic carbocycles. The summed E-state index contributed by atoms with van der Waals surface area (Å²) < 4.78 is 2.78. The average molecular weight is 389 g/mol. The molecule has 3 N–H and O–H groups in total. The van der Waals surface area contributed by atoms with Crippen LogP contribution in [-0.4, -0.2) is 25.8 Å². The van der Waals surface area contributed by atoms with Crippen LogP contribution in [0.15, 0.2) is 58.1 Å². The van der Waals surface area contributed by atoms with E-state index in [-0.39, 0.29) is 5.11 Å². The number of hydrogen-bond donors (Lipinski definition) is 2. The fraction of sp³-hybridized carbons (Fsp3) is 0.0667. The van der Waals surface area contributed by atoms with Crippen molar-refractivity contribution in [2.45, 2.75) is 6.54 Å². The summed E-state index contributed by atoms with van der Waals surface area (Å²) >= 11 is 8.25. The number of thiocarbonyl (C=S) groups is 1. The van der Waals surface area contributed by atoms with E-state index in [1.165, 1.54) is 0 Å². The molecule has 0 radical (unpaired) electrons. The minimum Gasteiger partial charge on any atom is -0.375 e. The largest absolute Gasteiger partial charge is 0.375 e. The van der Waals surface area contributed by atoms with Gasteiger partial charge in [-0.25, -0.2) is 4.68 Å². The average Bonchev–Trinajstić information content (AvgIpc) is 2.95. The molecule has 0 spiro atoms. The van der Waals surface area contributed by atoms with Crippen LogP contribution in [-0.2, 0) is 6.54 Å². The van der Waals surface area contributed by atoms with Gasteiger partial charge in [-0.2, -0.15) is 5.10 Å². The number of benzene rings is 2. The van der Waals surface area contributed by atoms with Gasteiger partial charge in [0, 0.05) is 4.47 Å². The van der Waals surface area contributed by atoms with Crippen molar-refractivity contribution in [3.05, 3.63) is 58.6 Å². The summed E-state index contributed by atoms with van der Waals surface area (Å²) in [6, 6.07) is 15.6. The number of nitrogens with one attached hydrogen (secondary N) is 1. The third kappa shape index (κ3) is 3.72. The number of para-hydroxylation sites is 1. The number of fused-ring (bicyclic) bond motifs is 1. The minimum atomic E-state index is 0.114. The first-order valence-corrected chi connectivity index (χ1v) is 8.00. The van der Waals surface area contributed by atoms with Crippen LogP contribution < -0.4 is 11.2 Å². The van der Waals surface area contributed by atoms with Crippen LogP contribution in [0.2, 0.25) is 0 Å². The molecule has 23 heavy (non-hydrogen) atoms. The van der Waals surface area contributed by atoms with Crippen molar-refractivity contribution < 1.29 is 0 Å². The molecule has 0 atom stereocenters. The Morgan fingerprint density at radius 3 is 2.70 bits per heavy atom. The maximum Gasteiger partial charge on any atom is 0.184 e. The summed E-state index contributed by atoms with van der Waals surface area (Å²) in [5.74, 6) is 0. The molecule has 0 saturated heterocycles. The van der Waals surface area contributed by atoms with Gasteiger partial charge in [-0.15, -0.1) is 5.10 Å². The molecule has 0 saturated carbocycles. The smallest absolute Gasteiger partial charge is 0.184 e. The molecule has 6 nitrogen and oxygen atoms in total. The molecule has 0 aliphatic heterocycles. The van der Waals surface area contributed by atoms with Crippen LogP contribution in [0, 0.1) is 0 Å². The highest BCUT2D eigenvalue weighted by atomic mass is 79.9. The van der Waals surface area contributed by atoms with Crippen LogP contribution in [0.1, 0.15) is 5.56 Å². The molecule has 0 fully saturated rings. The predicted molar refractivity (Wildman–Crippen MR) is 98.1 cm³/mol. The highest BCUT2D eigenvalue weighted by Gasteiger charge is 2.10. The molecule has 3 rings (SSSR count). The maximum absolute atomic E-state index is 5.48. The van der Waals surface area contributed by atoms with Crippen molar-refractivity contribution in [3.63, 3.8) is 0 Å². The minimum absolute atomic E-state index is 0.114. The topological polar surface area (TPSA) is 81.1 Å². The zero-order valence-electron chi connectivity index (χ0n) is 12.0. The number of halogens is 1. The standard InChI is InChI=1S/C15H13BrN6S/c16-11-7-5-10(6-8-11)13(18-20-15(17)23)9-22-14-4-2-1-3-12(14)19-21-22/h1-8H,9H2,(H3,17,20,23). The summed E-state index contributed by atoms with van der Waals surface area (Å²) in [7, 11) is 0. The van der Waals surface area contributed by atoms with Crippen LogP contribution in [0.4, 0.5) is 0 Å². The van der Waals surface area contributed by atoms with E-state index in [4.69, 9.17) is 18.0 Å². The first-order valence-electron chi connectivity index (χ1n) is 6.79. The van der Waals surface area contributed by atoms with Gasteiger partial charge >= 0.3 is 0 Å². The van der Waals surface area contributed by atoms with Crippen LogP contribution >= 0.6 is 28.1 Å². The second-order valence-corrected chi connectivity index (χ2v) is 6.13. The molecule has 0 aliphatic rings.